The standard InChI is InChI=1S/C26H46O2/c1-2-3-4-5-6-7-8-9-10-11-12-13-14-15-16-17-18-25-19-21-26(22-20-25)28-24-23-27/h19-22,27H,2-18,23-24H2,1H3. The first kappa shape index (κ1) is 25.0. The van der Waals surface area contributed by atoms with Crippen molar-refractivity contribution in [3.63, 3.8) is 0 Å². The average Bonchev–Trinajstić information content (AvgIpc) is 2.73. The fourth-order valence-corrected chi connectivity index (χ4v) is 3.79. The van der Waals surface area contributed by atoms with Crippen LogP contribution in [0.5, 0.6) is 5.75 Å². The number of hydrogen-bond acceptors (Lipinski definition) is 2. The SMILES string of the molecule is CCCCCCCCCCCCCCCCCCc1ccc(OCCO)cc1. The van der Waals surface area contributed by atoms with Crippen molar-refractivity contribution in [3.8, 4) is 5.75 Å². The van der Waals surface area contributed by atoms with E-state index in [1.807, 2.05) is 12.1 Å². The molecule has 2 nitrogen and oxygen atoms in total. The van der Waals surface area contributed by atoms with Gasteiger partial charge in [-0.25, -0.2) is 0 Å². The van der Waals surface area contributed by atoms with Crippen molar-refractivity contribution in [1.29, 1.82) is 0 Å². The van der Waals surface area contributed by atoms with E-state index in [0.29, 0.717) is 6.61 Å². The highest BCUT2D eigenvalue weighted by atomic mass is 16.5. The number of benzene rings is 1. The van der Waals surface area contributed by atoms with Gasteiger partial charge in [0.05, 0.1) is 6.61 Å². The molecule has 1 aromatic carbocycles. The van der Waals surface area contributed by atoms with Gasteiger partial charge in [0.15, 0.2) is 0 Å². The van der Waals surface area contributed by atoms with Crippen LogP contribution < -0.4 is 4.74 Å². The Bertz CT molecular complexity index is 427. The Balaban J connectivity index is 1.80. The van der Waals surface area contributed by atoms with Gasteiger partial charge in [-0.2, -0.15) is 0 Å². The number of ether oxygens (including phenoxy) is 1. The van der Waals surface area contributed by atoms with Gasteiger partial charge in [-0.05, 0) is 30.5 Å². The zero-order chi connectivity index (χ0) is 20.1. The minimum atomic E-state index is 0.0704. The van der Waals surface area contributed by atoms with Gasteiger partial charge < -0.3 is 9.84 Å². The summed E-state index contributed by atoms with van der Waals surface area (Å²) in [7, 11) is 0. The lowest BCUT2D eigenvalue weighted by Gasteiger charge is -2.06. The Kier molecular flexibility index (Phi) is 17.2. The number of hydrogen-bond donors (Lipinski definition) is 1. The molecule has 0 saturated heterocycles. The van der Waals surface area contributed by atoms with E-state index in [0.717, 1.165) is 5.75 Å². The van der Waals surface area contributed by atoms with E-state index in [4.69, 9.17) is 9.84 Å². The summed E-state index contributed by atoms with van der Waals surface area (Å²) < 4.78 is 5.40. The van der Waals surface area contributed by atoms with Crippen LogP contribution in [0, 0.1) is 0 Å². The van der Waals surface area contributed by atoms with Crippen LogP contribution in [0.2, 0.25) is 0 Å². The van der Waals surface area contributed by atoms with E-state index in [1.54, 1.807) is 0 Å². The molecule has 0 spiro atoms. The van der Waals surface area contributed by atoms with Gasteiger partial charge in [0.2, 0.25) is 0 Å². The summed E-state index contributed by atoms with van der Waals surface area (Å²) in [6, 6.07) is 8.32. The van der Waals surface area contributed by atoms with Crippen molar-refractivity contribution >= 4 is 0 Å². The molecule has 162 valence electrons. The number of aliphatic hydroxyl groups is 1. The molecule has 0 radical (unpaired) electrons. The van der Waals surface area contributed by atoms with E-state index >= 15 is 0 Å². The molecule has 0 aromatic heterocycles. The molecule has 0 heterocycles. The first-order valence-corrected chi connectivity index (χ1v) is 12.2. The molecular weight excluding hydrogens is 344 g/mol. The van der Waals surface area contributed by atoms with Crippen molar-refractivity contribution in [2.24, 2.45) is 0 Å². The molecule has 0 aliphatic rings. The smallest absolute Gasteiger partial charge is 0.119 e. The zero-order valence-electron chi connectivity index (χ0n) is 18.6. The predicted molar refractivity (Wildman–Crippen MR) is 122 cm³/mol. The summed E-state index contributed by atoms with van der Waals surface area (Å²) in [5.41, 5.74) is 1.39. The highest BCUT2D eigenvalue weighted by Gasteiger charge is 1.97. The Morgan fingerprint density at radius 3 is 1.46 bits per heavy atom. The van der Waals surface area contributed by atoms with Gasteiger partial charge in [-0.15, -0.1) is 0 Å². The Hall–Kier alpha value is -1.02. The molecule has 0 amide bonds. The lowest BCUT2D eigenvalue weighted by molar-refractivity contribution is 0.201. The largest absolute Gasteiger partial charge is 0.491 e. The molecule has 0 aliphatic heterocycles. The second-order valence-corrected chi connectivity index (χ2v) is 8.27. The normalized spacial score (nSPS) is 11.1. The molecule has 0 atom stereocenters. The van der Waals surface area contributed by atoms with Crippen LogP contribution in [0.15, 0.2) is 24.3 Å². The van der Waals surface area contributed by atoms with Crippen molar-refractivity contribution in [1.82, 2.24) is 0 Å². The maximum Gasteiger partial charge on any atom is 0.119 e. The van der Waals surface area contributed by atoms with Gasteiger partial charge in [-0.1, -0.05) is 115 Å². The van der Waals surface area contributed by atoms with Crippen LogP contribution in [-0.4, -0.2) is 18.3 Å². The highest BCUT2D eigenvalue weighted by molar-refractivity contribution is 5.27. The van der Waals surface area contributed by atoms with Gasteiger partial charge in [-0.3, -0.25) is 0 Å². The van der Waals surface area contributed by atoms with Crippen LogP contribution >= 0.6 is 0 Å². The lowest BCUT2D eigenvalue weighted by atomic mass is 10.0. The van der Waals surface area contributed by atoms with Gasteiger partial charge in [0, 0.05) is 0 Å². The second-order valence-electron chi connectivity index (χ2n) is 8.27. The molecule has 0 aliphatic carbocycles. The molecule has 0 saturated carbocycles. The maximum absolute atomic E-state index is 8.77. The van der Waals surface area contributed by atoms with Crippen molar-refractivity contribution in [2.45, 2.75) is 116 Å². The molecule has 0 unspecified atom stereocenters. The van der Waals surface area contributed by atoms with Crippen molar-refractivity contribution in [3.05, 3.63) is 29.8 Å². The van der Waals surface area contributed by atoms with Crippen LogP contribution in [-0.2, 0) is 6.42 Å². The Morgan fingerprint density at radius 2 is 1.04 bits per heavy atom. The van der Waals surface area contributed by atoms with Crippen LogP contribution in [0.3, 0.4) is 0 Å². The minimum Gasteiger partial charge on any atom is -0.491 e. The predicted octanol–water partition coefficient (Wildman–Crippen LogP) is 7.86. The van der Waals surface area contributed by atoms with Gasteiger partial charge in [0.1, 0.15) is 12.4 Å². The van der Waals surface area contributed by atoms with Crippen LogP contribution in [0.1, 0.15) is 115 Å². The molecule has 0 bridgehead atoms. The zero-order valence-corrected chi connectivity index (χ0v) is 18.6. The first-order valence-electron chi connectivity index (χ1n) is 12.2. The summed E-state index contributed by atoms with van der Waals surface area (Å²) in [6.07, 6.45) is 23.9. The number of unbranched alkanes of at least 4 members (excludes halogenated alkanes) is 15. The maximum atomic E-state index is 8.77. The minimum absolute atomic E-state index is 0.0704. The molecule has 0 fully saturated rings. The molecule has 2 heteroatoms. The van der Waals surface area contributed by atoms with Crippen molar-refractivity contribution in [2.75, 3.05) is 13.2 Å². The first-order chi connectivity index (χ1) is 13.9. The molecule has 1 aromatic rings. The van der Waals surface area contributed by atoms with Crippen molar-refractivity contribution < 1.29 is 9.84 Å². The number of rotatable bonds is 20. The number of aryl methyl sites for hydroxylation is 1. The average molecular weight is 391 g/mol. The molecule has 28 heavy (non-hydrogen) atoms. The fourth-order valence-electron chi connectivity index (χ4n) is 3.79. The third-order valence-corrected chi connectivity index (χ3v) is 5.60. The summed E-state index contributed by atoms with van der Waals surface area (Å²) >= 11 is 0. The van der Waals surface area contributed by atoms with E-state index in [2.05, 4.69) is 19.1 Å². The third-order valence-electron chi connectivity index (χ3n) is 5.60. The van der Waals surface area contributed by atoms with Gasteiger partial charge >= 0.3 is 0 Å². The van der Waals surface area contributed by atoms with E-state index < -0.39 is 0 Å². The molecule has 1 N–H and O–H groups in total. The summed E-state index contributed by atoms with van der Waals surface area (Å²) in [6.45, 7) is 2.73. The Morgan fingerprint density at radius 1 is 0.607 bits per heavy atom. The van der Waals surface area contributed by atoms with E-state index in [9.17, 15) is 0 Å². The lowest BCUT2D eigenvalue weighted by Crippen LogP contribution is -2.01. The monoisotopic (exact) mass is 390 g/mol. The quantitative estimate of drug-likeness (QED) is 0.230. The molecular formula is C26H46O2. The summed E-state index contributed by atoms with van der Waals surface area (Å²) in [5, 5.41) is 8.77. The highest BCUT2D eigenvalue weighted by Crippen LogP contribution is 2.16. The fraction of sp³-hybridized carbons (Fsp3) is 0.769. The summed E-state index contributed by atoms with van der Waals surface area (Å²) in [5.74, 6) is 0.852. The van der Waals surface area contributed by atoms with Crippen LogP contribution in [0.25, 0.3) is 0 Å². The van der Waals surface area contributed by atoms with Crippen LogP contribution in [0.4, 0.5) is 0 Å². The molecule has 1 rings (SSSR count). The second kappa shape index (κ2) is 19.3. The summed E-state index contributed by atoms with van der Waals surface area (Å²) in [4.78, 5) is 0. The third kappa shape index (κ3) is 15.0. The topological polar surface area (TPSA) is 29.5 Å². The van der Waals surface area contributed by atoms with Gasteiger partial charge in [0.25, 0.3) is 0 Å². The number of aliphatic hydroxyl groups excluding tert-OH is 1. The van der Waals surface area contributed by atoms with E-state index in [-0.39, 0.29) is 6.61 Å². The Labute approximate surface area is 175 Å². The van der Waals surface area contributed by atoms with E-state index in [1.165, 1.54) is 115 Å².